The highest BCUT2D eigenvalue weighted by Gasteiger charge is 2.23. The summed E-state index contributed by atoms with van der Waals surface area (Å²) in [5.74, 6) is 0.994. The molecule has 0 radical (unpaired) electrons. The molecule has 1 aliphatic heterocycles. The van der Waals surface area contributed by atoms with Crippen molar-refractivity contribution in [1.29, 1.82) is 0 Å². The maximum absolute atomic E-state index is 5.99. The summed E-state index contributed by atoms with van der Waals surface area (Å²) < 4.78 is 5.92. The number of nitrogens with zero attached hydrogens (tertiary/aromatic N) is 1. The van der Waals surface area contributed by atoms with Crippen LogP contribution in [0.3, 0.4) is 0 Å². The summed E-state index contributed by atoms with van der Waals surface area (Å²) in [5.41, 5.74) is 1.23. The van der Waals surface area contributed by atoms with Crippen LogP contribution >= 0.6 is 11.6 Å². The van der Waals surface area contributed by atoms with Gasteiger partial charge in [-0.25, -0.2) is 0 Å². The van der Waals surface area contributed by atoms with E-state index in [2.05, 4.69) is 17.3 Å². The molecule has 0 saturated heterocycles. The molecule has 3 nitrogen and oxygen atoms in total. The zero-order valence-electron chi connectivity index (χ0n) is 11.1. The minimum atomic E-state index is 0.262. The van der Waals surface area contributed by atoms with E-state index in [0.717, 1.165) is 36.8 Å². The van der Waals surface area contributed by atoms with Crippen molar-refractivity contribution in [3.63, 3.8) is 0 Å². The molecule has 0 amide bonds. The van der Waals surface area contributed by atoms with Crippen LogP contribution in [0.1, 0.15) is 12.0 Å². The second kappa shape index (κ2) is 6.41. The minimum Gasteiger partial charge on any atom is -0.488 e. The topological polar surface area (TPSA) is 24.5 Å². The molecule has 0 aromatic heterocycles. The molecule has 0 aliphatic carbocycles. The molecule has 0 saturated carbocycles. The van der Waals surface area contributed by atoms with Crippen molar-refractivity contribution in [1.82, 2.24) is 10.2 Å². The summed E-state index contributed by atoms with van der Waals surface area (Å²) in [4.78, 5) is 2.33. The molecule has 0 bridgehead atoms. The molecule has 2 rings (SSSR count). The summed E-state index contributed by atoms with van der Waals surface area (Å²) in [6.07, 6.45) is 2.39. The zero-order valence-corrected chi connectivity index (χ0v) is 11.8. The van der Waals surface area contributed by atoms with Crippen LogP contribution in [0.25, 0.3) is 0 Å². The fourth-order valence-electron chi connectivity index (χ4n) is 2.36. The van der Waals surface area contributed by atoms with Crippen LogP contribution in [0.2, 0.25) is 5.02 Å². The first kappa shape index (κ1) is 13.7. The van der Waals surface area contributed by atoms with E-state index >= 15 is 0 Å². The molecule has 1 unspecified atom stereocenters. The van der Waals surface area contributed by atoms with Crippen LogP contribution in [0.15, 0.2) is 18.2 Å². The van der Waals surface area contributed by atoms with Gasteiger partial charge in [0.25, 0.3) is 0 Å². The third kappa shape index (κ3) is 3.61. The van der Waals surface area contributed by atoms with E-state index < -0.39 is 0 Å². The van der Waals surface area contributed by atoms with Crippen LogP contribution in [0.4, 0.5) is 0 Å². The monoisotopic (exact) mass is 268 g/mol. The predicted octanol–water partition coefficient (Wildman–Crippen LogP) is 2.18. The van der Waals surface area contributed by atoms with E-state index in [-0.39, 0.29) is 6.10 Å². The van der Waals surface area contributed by atoms with Crippen LogP contribution in [-0.2, 0) is 6.42 Å². The number of rotatable bonds is 6. The number of halogens is 1. The highest BCUT2D eigenvalue weighted by atomic mass is 35.5. The summed E-state index contributed by atoms with van der Waals surface area (Å²) >= 11 is 5.99. The average molecular weight is 269 g/mol. The van der Waals surface area contributed by atoms with Gasteiger partial charge in [0.15, 0.2) is 0 Å². The first-order valence-corrected chi connectivity index (χ1v) is 6.85. The van der Waals surface area contributed by atoms with E-state index in [1.165, 1.54) is 12.0 Å². The number of likely N-dealkylation sites (N-methyl/N-ethyl adjacent to an activating group) is 1. The van der Waals surface area contributed by atoms with Gasteiger partial charge >= 0.3 is 0 Å². The minimum absolute atomic E-state index is 0.262. The molecular formula is C14H21ClN2O. The Bertz CT molecular complexity index is 397. The van der Waals surface area contributed by atoms with Crippen molar-refractivity contribution in [3.05, 3.63) is 28.8 Å². The third-order valence-corrected chi connectivity index (χ3v) is 3.48. The molecule has 1 aliphatic rings. The van der Waals surface area contributed by atoms with Gasteiger partial charge in [0.05, 0.1) is 0 Å². The number of hydrogen-bond donors (Lipinski definition) is 1. The molecule has 100 valence electrons. The molecular weight excluding hydrogens is 248 g/mol. The fourth-order valence-corrected chi connectivity index (χ4v) is 2.55. The second-order valence-electron chi connectivity index (χ2n) is 4.92. The molecule has 18 heavy (non-hydrogen) atoms. The Morgan fingerprint density at radius 3 is 3.11 bits per heavy atom. The molecule has 0 fully saturated rings. The van der Waals surface area contributed by atoms with Crippen molar-refractivity contribution in [2.45, 2.75) is 18.9 Å². The third-order valence-electron chi connectivity index (χ3n) is 3.25. The van der Waals surface area contributed by atoms with Gasteiger partial charge in [-0.15, -0.1) is 0 Å². The highest BCUT2D eigenvalue weighted by Crippen LogP contribution is 2.31. The molecule has 1 atom stereocenters. The lowest BCUT2D eigenvalue weighted by atomic mass is 10.1. The first-order valence-electron chi connectivity index (χ1n) is 6.47. The maximum atomic E-state index is 5.99. The van der Waals surface area contributed by atoms with Gasteiger partial charge in [0, 0.05) is 18.0 Å². The quantitative estimate of drug-likeness (QED) is 0.801. The van der Waals surface area contributed by atoms with Gasteiger partial charge in [0.1, 0.15) is 11.9 Å². The number of nitrogens with one attached hydrogen (secondary N) is 1. The van der Waals surface area contributed by atoms with Gasteiger partial charge in [0.2, 0.25) is 0 Å². The number of benzene rings is 1. The van der Waals surface area contributed by atoms with Gasteiger partial charge in [-0.1, -0.05) is 11.6 Å². The van der Waals surface area contributed by atoms with Gasteiger partial charge in [-0.3, -0.25) is 0 Å². The zero-order chi connectivity index (χ0) is 13.0. The van der Waals surface area contributed by atoms with Crippen LogP contribution in [0.5, 0.6) is 5.75 Å². The second-order valence-corrected chi connectivity index (χ2v) is 5.35. The van der Waals surface area contributed by atoms with Crippen LogP contribution in [0, 0.1) is 0 Å². The first-order chi connectivity index (χ1) is 8.69. The Labute approximate surface area is 114 Å². The lowest BCUT2D eigenvalue weighted by Crippen LogP contribution is -2.33. The summed E-state index contributed by atoms with van der Waals surface area (Å²) in [6.45, 7) is 3.12. The average Bonchev–Trinajstić information content (AvgIpc) is 2.70. The van der Waals surface area contributed by atoms with E-state index in [0.29, 0.717) is 0 Å². The van der Waals surface area contributed by atoms with Crippen LogP contribution < -0.4 is 10.1 Å². The fraction of sp³-hybridized carbons (Fsp3) is 0.571. The Hall–Kier alpha value is -0.770. The van der Waals surface area contributed by atoms with E-state index in [4.69, 9.17) is 16.3 Å². The summed E-state index contributed by atoms with van der Waals surface area (Å²) in [5, 5.41) is 3.96. The Morgan fingerprint density at radius 2 is 2.33 bits per heavy atom. The lowest BCUT2D eigenvalue weighted by molar-refractivity contribution is 0.168. The molecule has 1 aromatic rings. The SMILES string of the molecule is CNCCCN(C)CC1Cc2cc(Cl)ccc2O1. The number of fused-ring (bicyclic) bond motifs is 1. The van der Waals surface area contributed by atoms with E-state index in [1.54, 1.807) is 0 Å². The van der Waals surface area contributed by atoms with Crippen molar-refractivity contribution >= 4 is 11.6 Å². The summed E-state index contributed by atoms with van der Waals surface area (Å²) in [7, 11) is 4.13. The molecule has 1 heterocycles. The Kier molecular flexibility index (Phi) is 4.87. The molecule has 0 spiro atoms. The van der Waals surface area contributed by atoms with Crippen molar-refractivity contribution in [2.24, 2.45) is 0 Å². The standard InChI is InChI=1S/C14H21ClN2O/c1-16-6-3-7-17(2)10-13-9-11-8-12(15)4-5-14(11)18-13/h4-5,8,13,16H,3,6-7,9-10H2,1-2H3. The van der Waals surface area contributed by atoms with Gasteiger partial charge in [-0.05, 0) is 57.4 Å². The summed E-state index contributed by atoms with van der Waals surface area (Å²) in [6, 6.07) is 5.87. The highest BCUT2D eigenvalue weighted by molar-refractivity contribution is 6.30. The largest absolute Gasteiger partial charge is 0.488 e. The Balaban J connectivity index is 1.80. The number of hydrogen-bond acceptors (Lipinski definition) is 3. The lowest BCUT2D eigenvalue weighted by Gasteiger charge is -2.20. The predicted molar refractivity (Wildman–Crippen MR) is 75.6 cm³/mol. The normalized spacial score (nSPS) is 17.9. The number of ether oxygens (including phenoxy) is 1. The molecule has 4 heteroatoms. The van der Waals surface area contributed by atoms with Gasteiger partial charge < -0.3 is 15.0 Å². The van der Waals surface area contributed by atoms with Crippen molar-refractivity contribution < 1.29 is 4.74 Å². The molecule has 1 aromatic carbocycles. The van der Waals surface area contributed by atoms with Crippen molar-refractivity contribution in [2.75, 3.05) is 33.7 Å². The molecule has 1 N–H and O–H groups in total. The van der Waals surface area contributed by atoms with E-state index in [1.807, 2.05) is 25.2 Å². The van der Waals surface area contributed by atoms with E-state index in [9.17, 15) is 0 Å². The van der Waals surface area contributed by atoms with Crippen molar-refractivity contribution in [3.8, 4) is 5.75 Å². The smallest absolute Gasteiger partial charge is 0.123 e. The maximum Gasteiger partial charge on any atom is 0.123 e. The Morgan fingerprint density at radius 1 is 1.50 bits per heavy atom. The van der Waals surface area contributed by atoms with Crippen LogP contribution in [-0.4, -0.2) is 44.7 Å². The van der Waals surface area contributed by atoms with Gasteiger partial charge in [-0.2, -0.15) is 0 Å².